The average molecular weight is 539 g/mol. The van der Waals surface area contributed by atoms with Crippen molar-refractivity contribution in [3.63, 3.8) is 0 Å². The van der Waals surface area contributed by atoms with Crippen molar-refractivity contribution < 1.29 is 49.6 Å². The van der Waals surface area contributed by atoms with E-state index in [9.17, 15) is 35.4 Å². The van der Waals surface area contributed by atoms with Crippen LogP contribution in [0.2, 0.25) is 0 Å². The molecular formula is C28H42O10. The third-order valence-corrected chi connectivity index (χ3v) is 11.3. The van der Waals surface area contributed by atoms with Crippen LogP contribution in [0.15, 0.2) is 11.6 Å². The molecule has 0 bridgehead atoms. The molecule has 2 aliphatic heterocycles. The van der Waals surface area contributed by atoms with E-state index in [1.165, 1.54) is 0 Å². The summed E-state index contributed by atoms with van der Waals surface area (Å²) in [6.07, 6.45) is 0.122. The molecule has 0 amide bonds. The molecule has 0 spiro atoms. The largest absolute Gasteiger partial charge is 0.458 e. The van der Waals surface area contributed by atoms with Crippen LogP contribution in [0, 0.1) is 35.0 Å². The lowest BCUT2D eigenvalue weighted by atomic mass is 9.44. The molecular weight excluding hydrogens is 496 g/mol. The number of hydrogen-bond acceptors (Lipinski definition) is 10. The standard InChI is InChI=1S/C28H42O10/c1-13-22(31)23(32)24(33)26(37-13)38-15-4-7-27(12-29)14(10-15)2-3-18-21(27)20(30)11-19-16(5-8-28(18,19)35)17-6-9-36-25(17)34/h6,13-16,18-24,26,29-33,35H,2-5,7-12H2,1H3. The Morgan fingerprint density at radius 1 is 1.00 bits per heavy atom. The van der Waals surface area contributed by atoms with Crippen molar-refractivity contribution >= 4 is 5.97 Å². The average Bonchev–Trinajstić information content (AvgIpc) is 3.48. The van der Waals surface area contributed by atoms with Crippen LogP contribution in [0.4, 0.5) is 0 Å². The quantitative estimate of drug-likeness (QED) is 0.212. The van der Waals surface area contributed by atoms with E-state index >= 15 is 0 Å². The third-order valence-electron chi connectivity index (χ3n) is 11.3. The Bertz CT molecular complexity index is 956. The molecule has 214 valence electrons. The molecule has 0 aromatic heterocycles. The number of rotatable bonds is 4. The summed E-state index contributed by atoms with van der Waals surface area (Å²) in [5.41, 5.74) is -0.910. The Morgan fingerprint density at radius 2 is 1.79 bits per heavy atom. The summed E-state index contributed by atoms with van der Waals surface area (Å²) >= 11 is 0. The number of aliphatic hydroxyl groups is 6. The van der Waals surface area contributed by atoms with Crippen molar-refractivity contribution in [2.24, 2.45) is 35.0 Å². The number of cyclic esters (lactones) is 1. The van der Waals surface area contributed by atoms with Gasteiger partial charge in [-0.25, -0.2) is 4.79 Å². The van der Waals surface area contributed by atoms with Crippen LogP contribution in [0.5, 0.6) is 0 Å². The molecule has 5 fully saturated rings. The van der Waals surface area contributed by atoms with E-state index in [1.54, 1.807) is 6.92 Å². The van der Waals surface area contributed by atoms with Crippen molar-refractivity contribution in [3.05, 3.63) is 11.6 Å². The van der Waals surface area contributed by atoms with Gasteiger partial charge in [-0.1, -0.05) is 0 Å². The van der Waals surface area contributed by atoms with E-state index in [1.807, 2.05) is 6.08 Å². The number of ether oxygens (including phenoxy) is 3. The van der Waals surface area contributed by atoms with E-state index < -0.39 is 47.8 Å². The molecule has 0 aromatic rings. The number of carbonyl (C=O) groups excluding carboxylic acids is 1. The van der Waals surface area contributed by atoms with Crippen molar-refractivity contribution in [1.82, 2.24) is 0 Å². The van der Waals surface area contributed by atoms with Gasteiger partial charge in [0.25, 0.3) is 0 Å². The van der Waals surface area contributed by atoms with Gasteiger partial charge in [0.15, 0.2) is 6.29 Å². The van der Waals surface area contributed by atoms with Crippen LogP contribution < -0.4 is 0 Å². The molecule has 10 nitrogen and oxygen atoms in total. The maximum Gasteiger partial charge on any atom is 0.334 e. The highest BCUT2D eigenvalue weighted by Crippen LogP contribution is 2.66. The van der Waals surface area contributed by atoms with Gasteiger partial charge in [-0.15, -0.1) is 0 Å². The second-order valence-corrected chi connectivity index (χ2v) is 12.8. The number of fused-ring (bicyclic) bond motifs is 5. The van der Waals surface area contributed by atoms with Gasteiger partial charge in [-0.2, -0.15) is 0 Å². The first-order chi connectivity index (χ1) is 18.1. The number of aliphatic hydroxyl groups excluding tert-OH is 5. The zero-order chi connectivity index (χ0) is 27.0. The number of carbonyl (C=O) groups is 1. The van der Waals surface area contributed by atoms with Gasteiger partial charge < -0.3 is 44.8 Å². The summed E-state index contributed by atoms with van der Waals surface area (Å²) in [6, 6.07) is 0. The topological polar surface area (TPSA) is 166 Å². The Labute approximate surface area is 222 Å². The van der Waals surface area contributed by atoms with Crippen molar-refractivity contribution in [3.8, 4) is 0 Å². The van der Waals surface area contributed by atoms with Crippen LogP contribution in [-0.2, 0) is 19.0 Å². The fourth-order valence-corrected chi connectivity index (χ4v) is 9.48. The second kappa shape index (κ2) is 9.76. The van der Waals surface area contributed by atoms with E-state index in [2.05, 4.69) is 0 Å². The molecule has 14 unspecified atom stereocenters. The van der Waals surface area contributed by atoms with Gasteiger partial charge in [0.1, 0.15) is 24.9 Å². The lowest BCUT2D eigenvalue weighted by Crippen LogP contribution is -2.65. The predicted octanol–water partition coefficient (Wildman–Crippen LogP) is 0.00920. The maximum absolute atomic E-state index is 12.3. The highest BCUT2D eigenvalue weighted by atomic mass is 16.7. The Hall–Kier alpha value is -1.11. The van der Waals surface area contributed by atoms with Crippen molar-refractivity contribution in [2.75, 3.05) is 13.2 Å². The van der Waals surface area contributed by atoms with Gasteiger partial charge in [0, 0.05) is 17.6 Å². The van der Waals surface area contributed by atoms with Crippen LogP contribution >= 0.6 is 0 Å². The fourth-order valence-electron chi connectivity index (χ4n) is 9.48. The van der Waals surface area contributed by atoms with Crippen LogP contribution in [0.1, 0.15) is 58.3 Å². The summed E-state index contributed by atoms with van der Waals surface area (Å²) in [6.45, 7) is 1.80. The van der Waals surface area contributed by atoms with Crippen molar-refractivity contribution in [1.29, 1.82) is 0 Å². The van der Waals surface area contributed by atoms with Gasteiger partial charge in [-0.3, -0.25) is 0 Å². The molecule has 2 heterocycles. The fraction of sp³-hybridized carbons (Fsp3) is 0.893. The minimum Gasteiger partial charge on any atom is -0.458 e. The Morgan fingerprint density at radius 3 is 2.50 bits per heavy atom. The molecule has 1 saturated heterocycles. The van der Waals surface area contributed by atoms with E-state index in [0.717, 1.165) is 6.42 Å². The molecule has 10 heteroatoms. The molecule has 6 aliphatic rings. The first kappa shape index (κ1) is 27.1. The van der Waals surface area contributed by atoms with Crippen LogP contribution in [0.25, 0.3) is 0 Å². The SMILES string of the molecule is CC1OC(OC2CCC3(CO)C(CCC4C3C(O)CC3C(C5=CCOC5=O)CCC34O)C2)C(O)C(O)C1O. The molecule has 4 saturated carbocycles. The van der Waals surface area contributed by atoms with Gasteiger partial charge in [0.2, 0.25) is 0 Å². The summed E-state index contributed by atoms with van der Waals surface area (Å²) in [7, 11) is 0. The predicted molar refractivity (Wildman–Crippen MR) is 131 cm³/mol. The molecule has 6 N–H and O–H groups in total. The summed E-state index contributed by atoms with van der Waals surface area (Å²) in [4.78, 5) is 12.3. The maximum atomic E-state index is 12.3. The monoisotopic (exact) mass is 538 g/mol. The zero-order valence-electron chi connectivity index (χ0n) is 21.9. The first-order valence-corrected chi connectivity index (χ1v) is 14.3. The normalized spacial score (nSPS) is 54.5. The molecule has 38 heavy (non-hydrogen) atoms. The van der Waals surface area contributed by atoms with E-state index in [4.69, 9.17) is 14.2 Å². The molecule has 14 atom stereocenters. The summed E-state index contributed by atoms with van der Waals surface area (Å²) in [5.74, 6) is -1.01. The minimum atomic E-state index is -1.37. The first-order valence-electron chi connectivity index (χ1n) is 14.3. The van der Waals surface area contributed by atoms with Gasteiger partial charge in [-0.05, 0) is 94.0 Å². The minimum absolute atomic E-state index is 0.0562. The molecule has 6 rings (SSSR count). The second-order valence-electron chi connectivity index (χ2n) is 12.8. The molecule has 4 aliphatic carbocycles. The van der Waals surface area contributed by atoms with Crippen LogP contribution in [-0.4, -0.2) is 98.3 Å². The molecule has 0 radical (unpaired) electrons. The van der Waals surface area contributed by atoms with Crippen LogP contribution in [0.3, 0.4) is 0 Å². The highest BCUT2D eigenvalue weighted by Gasteiger charge is 2.67. The third kappa shape index (κ3) is 3.94. The zero-order valence-corrected chi connectivity index (χ0v) is 21.9. The lowest BCUT2D eigenvalue weighted by molar-refractivity contribution is -0.312. The van der Waals surface area contributed by atoms with Gasteiger partial charge in [0.05, 0.1) is 23.9 Å². The molecule has 0 aromatic carbocycles. The Balaban J connectivity index is 1.19. The summed E-state index contributed by atoms with van der Waals surface area (Å²) in [5, 5.41) is 65.1. The van der Waals surface area contributed by atoms with E-state index in [0.29, 0.717) is 50.5 Å². The number of esters is 1. The smallest absolute Gasteiger partial charge is 0.334 e. The highest BCUT2D eigenvalue weighted by molar-refractivity contribution is 5.91. The number of hydrogen-bond donors (Lipinski definition) is 6. The van der Waals surface area contributed by atoms with E-state index in [-0.39, 0.29) is 54.9 Å². The van der Waals surface area contributed by atoms with Crippen molar-refractivity contribution in [2.45, 2.75) is 107 Å². The Kier molecular flexibility index (Phi) is 6.96. The van der Waals surface area contributed by atoms with Gasteiger partial charge >= 0.3 is 5.97 Å². The summed E-state index contributed by atoms with van der Waals surface area (Å²) < 4.78 is 16.9. The lowest BCUT2D eigenvalue weighted by Gasteiger charge is -2.63.